The first kappa shape index (κ1) is 21.3. The van der Waals surface area contributed by atoms with Crippen LogP contribution in [0.25, 0.3) is 76.0 Å². The molecule has 0 fully saturated rings. The van der Waals surface area contributed by atoms with Gasteiger partial charge in [-0.2, -0.15) is 0 Å². The molecule has 3 nitrogen and oxygen atoms in total. The molecule has 0 N–H and O–H groups in total. The lowest BCUT2D eigenvalue weighted by atomic mass is 10.0. The van der Waals surface area contributed by atoms with Crippen LogP contribution in [0.5, 0.6) is 0 Å². The molecular formula is C34H20N2OS. The van der Waals surface area contributed by atoms with Gasteiger partial charge >= 0.3 is 0 Å². The molecule has 5 aromatic carbocycles. The largest absolute Gasteiger partial charge is 0.456 e. The second-order valence-electron chi connectivity index (χ2n) is 9.39. The highest BCUT2D eigenvalue weighted by atomic mass is 32.1. The van der Waals surface area contributed by atoms with Crippen LogP contribution in [0.15, 0.2) is 126 Å². The Morgan fingerprint density at radius 1 is 0.526 bits per heavy atom. The normalized spacial score (nSPS) is 11.7. The van der Waals surface area contributed by atoms with Crippen LogP contribution in [0.1, 0.15) is 0 Å². The van der Waals surface area contributed by atoms with Crippen LogP contribution >= 0.6 is 11.3 Å². The Bertz CT molecular complexity index is 2120. The lowest BCUT2D eigenvalue weighted by molar-refractivity contribution is 0.669. The first-order valence-corrected chi connectivity index (χ1v) is 13.4. The Kier molecular flexibility index (Phi) is 4.69. The van der Waals surface area contributed by atoms with Gasteiger partial charge in [0.2, 0.25) is 0 Å². The zero-order valence-electron chi connectivity index (χ0n) is 20.3. The van der Waals surface area contributed by atoms with Gasteiger partial charge in [-0.1, -0.05) is 103 Å². The van der Waals surface area contributed by atoms with E-state index in [2.05, 4.69) is 97.1 Å². The summed E-state index contributed by atoms with van der Waals surface area (Å²) < 4.78 is 8.51. The zero-order valence-corrected chi connectivity index (χ0v) is 21.1. The highest BCUT2D eigenvalue weighted by Gasteiger charge is 2.20. The van der Waals surface area contributed by atoms with Gasteiger partial charge in [0.1, 0.15) is 11.2 Å². The fourth-order valence-electron chi connectivity index (χ4n) is 5.32. The standard InChI is InChI=1S/C34H20N2OS/c1-2-9-21(10-3-1)22-17-19-23(20-18-22)34-35-31-25-12-5-7-16-29(25)38-33(31)32(36-34)26-13-8-15-28-30(26)24-11-4-6-14-27(24)37-28/h1-20H. The van der Waals surface area contributed by atoms with Gasteiger partial charge in [0, 0.05) is 32.0 Å². The number of rotatable bonds is 3. The van der Waals surface area contributed by atoms with Gasteiger partial charge in [0.25, 0.3) is 0 Å². The number of benzene rings is 5. The fourth-order valence-corrected chi connectivity index (χ4v) is 6.46. The van der Waals surface area contributed by atoms with E-state index in [1.54, 1.807) is 11.3 Å². The van der Waals surface area contributed by atoms with Crippen molar-refractivity contribution in [3.8, 4) is 33.8 Å². The molecule has 8 aromatic rings. The molecular weight excluding hydrogens is 484 g/mol. The molecule has 0 spiro atoms. The summed E-state index contributed by atoms with van der Waals surface area (Å²) in [5, 5.41) is 3.34. The minimum absolute atomic E-state index is 0.723. The van der Waals surface area contributed by atoms with Crippen LogP contribution in [0, 0.1) is 0 Å². The molecule has 0 aliphatic heterocycles. The number of nitrogens with zero attached hydrogens (tertiary/aromatic N) is 2. The van der Waals surface area contributed by atoms with E-state index in [0.29, 0.717) is 0 Å². The molecule has 8 rings (SSSR count). The van der Waals surface area contributed by atoms with Crippen molar-refractivity contribution in [2.24, 2.45) is 0 Å². The summed E-state index contributed by atoms with van der Waals surface area (Å²) in [7, 11) is 0. The Morgan fingerprint density at radius 2 is 1.21 bits per heavy atom. The average molecular weight is 505 g/mol. The lowest BCUT2D eigenvalue weighted by Crippen LogP contribution is -1.94. The average Bonchev–Trinajstić information content (AvgIpc) is 3.56. The molecule has 0 saturated carbocycles. The van der Waals surface area contributed by atoms with Crippen molar-refractivity contribution in [3.05, 3.63) is 121 Å². The van der Waals surface area contributed by atoms with Crippen LogP contribution < -0.4 is 0 Å². The molecule has 0 aliphatic carbocycles. The molecule has 0 amide bonds. The van der Waals surface area contributed by atoms with Crippen LogP contribution in [-0.4, -0.2) is 9.97 Å². The second-order valence-corrected chi connectivity index (χ2v) is 10.4. The third kappa shape index (κ3) is 3.28. The van der Waals surface area contributed by atoms with Crippen molar-refractivity contribution in [2.45, 2.75) is 0 Å². The SMILES string of the molecule is c1ccc(-c2ccc(-c3nc(-c4cccc5oc6ccccc6c45)c4sc5ccccc5c4n3)cc2)cc1. The molecule has 178 valence electrons. The van der Waals surface area contributed by atoms with Crippen molar-refractivity contribution in [1.82, 2.24) is 9.97 Å². The topological polar surface area (TPSA) is 38.9 Å². The van der Waals surface area contributed by atoms with Crippen molar-refractivity contribution in [3.63, 3.8) is 0 Å². The number of hydrogen-bond acceptors (Lipinski definition) is 4. The highest BCUT2D eigenvalue weighted by molar-refractivity contribution is 7.26. The first-order valence-electron chi connectivity index (χ1n) is 12.6. The van der Waals surface area contributed by atoms with Crippen molar-refractivity contribution in [1.29, 1.82) is 0 Å². The van der Waals surface area contributed by atoms with E-state index in [9.17, 15) is 0 Å². The summed E-state index contributed by atoms with van der Waals surface area (Å²) in [6.07, 6.45) is 0. The smallest absolute Gasteiger partial charge is 0.160 e. The van der Waals surface area contributed by atoms with Crippen LogP contribution in [0.2, 0.25) is 0 Å². The number of aromatic nitrogens is 2. The number of thiophene rings is 1. The van der Waals surface area contributed by atoms with E-state index in [0.717, 1.165) is 60.2 Å². The third-order valence-corrected chi connectivity index (χ3v) is 8.29. The monoisotopic (exact) mass is 504 g/mol. The van der Waals surface area contributed by atoms with E-state index < -0.39 is 0 Å². The van der Waals surface area contributed by atoms with E-state index in [4.69, 9.17) is 14.4 Å². The van der Waals surface area contributed by atoms with Gasteiger partial charge < -0.3 is 4.42 Å². The summed E-state index contributed by atoms with van der Waals surface area (Å²) in [6, 6.07) is 41.9. The molecule has 0 saturated heterocycles. The molecule has 0 unspecified atom stereocenters. The maximum atomic E-state index is 6.22. The van der Waals surface area contributed by atoms with E-state index in [1.807, 2.05) is 24.3 Å². The maximum absolute atomic E-state index is 6.22. The van der Waals surface area contributed by atoms with Crippen molar-refractivity contribution < 1.29 is 4.42 Å². The van der Waals surface area contributed by atoms with Crippen LogP contribution in [0.4, 0.5) is 0 Å². The molecule has 3 aromatic heterocycles. The summed E-state index contributed by atoms with van der Waals surface area (Å²) in [6.45, 7) is 0. The minimum atomic E-state index is 0.723. The van der Waals surface area contributed by atoms with E-state index >= 15 is 0 Å². The molecule has 0 atom stereocenters. The van der Waals surface area contributed by atoms with E-state index in [-0.39, 0.29) is 0 Å². The number of hydrogen-bond donors (Lipinski definition) is 0. The molecule has 0 radical (unpaired) electrons. The molecule has 3 heterocycles. The minimum Gasteiger partial charge on any atom is -0.456 e. The number of fused-ring (bicyclic) bond motifs is 6. The molecule has 4 heteroatoms. The lowest BCUT2D eigenvalue weighted by Gasteiger charge is -2.09. The molecule has 38 heavy (non-hydrogen) atoms. The van der Waals surface area contributed by atoms with Gasteiger partial charge in [-0.3, -0.25) is 0 Å². The Balaban J connectivity index is 1.41. The number of para-hydroxylation sites is 1. The Morgan fingerprint density at radius 3 is 2.08 bits per heavy atom. The summed E-state index contributed by atoms with van der Waals surface area (Å²) in [5.41, 5.74) is 8.10. The third-order valence-electron chi connectivity index (χ3n) is 7.13. The zero-order chi connectivity index (χ0) is 25.1. The van der Waals surface area contributed by atoms with Gasteiger partial charge in [0.15, 0.2) is 5.82 Å². The predicted octanol–water partition coefficient (Wildman–Crippen LogP) is 9.74. The van der Waals surface area contributed by atoms with Gasteiger partial charge in [0.05, 0.1) is 15.9 Å². The highest BCUT2D eigenvalue weighted by Crippen LogP contribution is 2.43. The van der Waals surface area contributed by atoms with Crippen molar-refractivity contribution >= 4 is 53.6 Å². The van der Waals surface area contributed by atoms with E-state index in [1.165, 1.54) is 15.8 Å². The van der Waals surface area contributed by atoms with Crippen LogP contribution in [-0.2, 0) is 0 Å². The van der Waals surface area contributed by atoms with Gasteiger partial charge in [-0.15, -0.1) is 11.3 Å². The summed E-state index contributed by atoms with van der Waals surface area (Å²) in [4.78, 5) is 10.4. The Hall–Kier alpha value is -4.80. The molecule has 0 bridgehead atoms. The van der Waals surface area contributed by atoms with Gasteiger partial charge in [-0.05, 0) is 29.3 Å². The summed E-state index contributed by atoms with van der Waals surface area (Å²) >= 11 is 1.75. The maximum Gasteiger partial charge on any atom is 0.160 e. The Labute approximate surface area is 222 Å². The van der Waals surface area contributed by atoms with Gasteiger partial charge in [-0.25, -0.2) is 9.97 Å². The fraction of sp³-hybridized carbons (Fsp3) is 0. The number of furan rings is 1. The van der Waals surface area contributed by atoms with Crippen molar-refractivity contribution in [2.75, 3.05) is 0 Å². The first-order chi connectivity index (χ1) is 18.8. The summed E-state index contributed by atoms with van der Waals surface area (Å²) in [5.74, 6) is 0.723. The second kappa shape index (κ2) is 8.37. The quantitative estimate of drug-likeness (QED) is 0.240. The molecule has 0 aliphatic rings. The van der Waals surface area contributed by atoms with Crippen LogP contribution in [0.3, 0.4) is 0 Å². The predicted molar refractivity (Wildman–Crippen MR) is 159 cm³/mol.